The number of fused-ring (bicyclic) bond motifs is 1. The Labute approximate surface area is 119 Å². The van der Waals surface area contributed by atoms with Gasteiger partial charge in [0.1, 0.15) is 5.82 Å². The van der Waals surface area contributed by atoms with Crippen molar-refractivity contribution in [1.82, 2.24) is 14.5 Å². The highest BCUT2D eigenvalue weighted by Crippen LogP contribution is 2.15. The summed E-state index contributed by atoms with van der Waals surface area (Å²) in [7, 11) is 0. The van der Waals surface area contributed by atoms with Crippen molar-refractivity contribution in [3.8, 4) is 0 Å². The van der Waals surface area contributed by atoms with Gasteiger partial charge in [0.25, 0.3) is 0 Å². The molecule has 1 fully saturated rings. The number of benzene rings is 1. The molecule has 0 radical (unpaired) electrons. The van der Waals surface area contributed by atoms with Crippen molar-refractivity contribution >= 4 is 11.0 Å². The van der Waals surface area contributed by atoms with Crippen LogP contribution in [0.25, 0.3) is 11.0 Å². The Balaban J connectivity index is 0.00000133. The summed E-state index contributed by atoms with van der Waals surface area (Å²) in [5.41, 5.74) is 2.33. The van der Waals surface area contributed by atoms with Crippen molar-refractivity contribution < 1.29 is 17.1 Å². The monoisotopic (exact) mass is 280 g/mol. The standard InChI is InChI=1S/C14H19N3O.ClH/c1-12-15-13-4-2-3-5-14(13)17(12)7-6-16-8-10-18-11-9-16;/h2-5H,6-11H2,1H3;1H/p-1. The number of rotatable bonds is 3. The highest BCUT2D eigenvalue weighted by molar-refractivity contribution is 5.75. The zero-order valence-electron chi connectivity index (χ0n) is 11.2. The fourth-order valence-electron chi connectivity index (χ4n) is 2.54. The van der Waals surface area contributed by atoms with E-state index in [1.54, 1.807) is 0 Å². The van der Waals surface area contributed by atoms with Crippen molar-refractivity contribution in [2.75, 3.05) is 32.8 Å². The van der Waals surface area contributed by atoms with E-state index in [0.717, 1.165) is 50.7 Å². The van der Waals surface area contributed by atoms with Gasteiger partial charge in [-0.1, -0.05) is 12.1 Å². The van der Waals surface area contributed by atoms with Gasteiger partial charge in [-0.25, -0.2) is 4.98 Å². The van der Waals surface area contributed by atoms with Crippen LogP contribution in [-0.4, -0.2) is 47.3 Å². The van der Waals surface area contributed by atoms with Gasteiger partial charge in [0, 0.05) is 26.2 Å². The van der Waals surface area contributed by atoms with Crippen LogP contribution in [0.3, 0.4) is 0 Å². The molecule has 0 atom stereocenters. The lowest BCUT2D eigenvalue weighted by Gasteiger charge is -2.26. The summed E-state index contributed by atoms with van der Waals surface area (Å²) >= 11 is 0. The molecule has 104 valence electrons. The zero-order valence-corrected chi connectivity index (χ0v) is 11.9. The van der Waals surface area contributed by atoms with Gasteiger partial charge in [0.2, 0.25) is 0 Å². The number of nitrogens with zero attached hydrogens (tertiary/aromatic N) is 3. The molecule has 0 saturated carbocycles. The van der Waals surface area contributed by atoms with Gasteiger partial charge >= 0.3 is 0 Å². The van der Waals surface area contributed by atoms with E-state index in [4.69, 9.17) is 4.74 Å². The third-order valence-electron chi connectivity index (χ3n) is 3.59. The maximum atomic E-state index is 5.37. The Kier molecular flexibility index (Phi) is 4.80. The highest BCUT2D eigenvalue weighted by Gasteiger charge is 2.12. The molecule has 2 aromatic rings. The quantitative estimate of drug-likeness (QED) is 0.699. The summed E-state index contributed by atoms with van der Waals surface area (Å²) in [5, 5.41) is 0. The van der Waals surface area contributed by atoms with Crippen molar-refractivity contribution in [3.63, 3.8) is 0 Å². The van der Waals surface area contributed by atoms with Crippen molar-refractivity contribution in [2.45, 2.75) is 13.5 Å². The minimum absolute atomic E-state index is 0. The molecule has 0 spiro atoms. The fraction of sp³-hybridized carbons (Fsp3) is 0.500. The average molecular weight is 281 g/mol. The molecule has 0 amide bonds. The van der Waals surface area contributed by atoms with Crippen LogP contribution in [0.2, 0.25) is 0 Å². The molecular weight excluding hydrogens is 262 g/mol. The Morgan fingerprint density at radius 2 is 1.89 bits per heavy atom. The first kappa shape index (κ1) is 14.3. The Morgan fingerprint density at radius 1 is 1.16 bits per heavy atom. The summed E-state index contributed by atoms with van der Waals surface area (Å²) in [4.78, 5) is 7.05. The molecule has 0 aliphatic carbocycles. The smallest absolute Gasteiger partial charge is 0.106 e. The van der Waals surface area contributed by atoms with Crippen molar-refractivity contribution in [2.24, 2.45) is 0 Å². The summed E-state index contributed by atoms with van der Waals surface area (Å²) in [5.74, 6) is 1.10. The summed E-state index contributed by atoms with van der Waals surface area (Å²) in [6.07, 6.45) is 0. The Hall–Kier alpha value is -1.10. The normalized spacial score (nSPS) is 16.5. The first-order valence-corrected chi connectivity index (χ1v) is 6.56. The van der Waals surface area contributed by atoms with Gasteiger partial charge in [0.15, 0.2) is 0 Å². The van der Waals surface area contributed by atoms with Crippen LogP contribution in [-0.2, 0) is 11.3 Å². The van der Waals surface area contributed by atoms with Gasteiger partial charge < -0.3 is 21.7 Å². The molecular formula is C14H19ClN3O-. The number of aryl methyl sites for hydroxylation is 1. The number of ether oxygens (including phenoxy) is 1. The average Bonchev–Trinajstić information content (AvgIpc) is 2.73. The van der Waals surface area contributed by atoms with E-state index in [-0.39, 0.29) is 12.4 Å². The molecule has 2 heterocycles. The SMILES string of the molecule is Cc1nc2ccccc2n1CCN1CCOCC1.[Cl-]. The van der Waals surface area contributed by atoms with Crippen LogP contribution in [0.4, 0.5) is 0 Å². The van der Waals surface area contributed by atoms with E-state index in [2.05, 4.69) is 39.6 Å². The minimum Gasteiger partial charge on any atom is -1.00 e. The minimum atomic E-state index is 0. The molecule has 1 aromatic carbocycles. The number of para-hydroxylation sites is 2. The van der Waals surface area contributed by atoms with Gasteiger partial charge in [-0.05, 0) is 19.1 Å². The molecule has 0 unspecified atom stereocenters. The summed E-state index contributed by atoms with van der Waals surface area (Å²) in [6.45, 7) is 7.99. The molecule has 5 heteroatoms. The Morgan fingerprint density at radius 3 is 2.68 bits per heavy atom. The van der Waals surface area contributed by atoms with Crippen LogP contribution < -0.4 is 12.4 Å². The first-order chi connectivity index (χ1) is 8.84. The van der Waals surface area contributed by atoms with E-state index in [1.807, 2.05) is 6.07 Å². The largest absolute Gasteiger partial charge is 1.00 e. The predicted octanol–water partition coefficient (Wildman–Crippen LogP) is -1.32. The second-order valence-electron chi connectivity index (χ2n) is 4.75. The molecule has 0 bridgehead atoms. The maximum Gasteiger partial charge on any atom is 0.106 e. The third kappa shape index (κ3) is 3.08. The molecule has 3 rings (SSSR count). The number of morpholine rings is 1. The topological polar surface area (TPSA) is 30.3 Å². The number of imidazole rings is 1. The van der Waals surface area contributed by atoms with Crippen molar-refractivity contribution in [3.05, 3.63) is 30.1 Å². The van der Waals surface area contributed by atoms with E-state index < -0.39 is 0 Å². The van der Waals surface area contributed by atoms with E-state index in [0.29, 0.717) is 0 Å². The summed E-state index contributed by atoms with van der Waals surface area (Å²) in [6, 6.07) is 8.35. The summed E-state index contributed by atoms with van der Waals surface area (Å²) < 4.78 is 7.68. The number of halogens is 1. The molecule has 1 aliphatic rings. The van der Waals surface area contributed by atoms with Gasteiger partial charge in [-0.3, -0.25) is 4.90 Å². The van der Waals surface area contributed by atoms with Crippen LogP contribution in [0, 0.1) is 6.92 Å². The molecule has 1 aromatic heterocycles. The van der Waals surface area contributed by atoms with Gasteiger partial charge in [-0.15, -0.1) is 0 Å². The predicted molar refractivity (Wildman–Crippen MR) is 71.7 cm³/mol. The zero-order chi connectivity index (χ0) is 12.4. The Bertz CT molecular complexity index is 534. The molecule has 4 nitrogen and oxygen atoms in total. The van der Waals surface area contributed by atoms with Crippen LogP contribution in [0.5, 0.6) is 0 Å². The van der Waals surface area contributed by atoms with Crippen LogP contribution in [0.1, 0.15) is 5.82 Å². The highest BCUT2D eigenvalue weighted by atomic mass is 35.5. The van der Waals surface area contributed by atoms with Gasteiger partial charge in [0.05, 0.1) is 24.2 Å². The van der Waals surface area contributed by atoms with E-state index in [9.17, 15) is 0 Å². The van der Waals surface area contributed by atoms with Gasteiger partial charge in [-0.2, -0.15) is 0 Å². The number of aromatic nitrogens is 2. The lowest BCUT2D eigenvalue weighted by molar-refractivity contribution is -0.00000553. The number of hydrogen-bond donors (Lipinski definition) is 0. The second kappa shape index (κ2) is 6.37. The van der Waals surface area contributed by atoms with Crippen molar-refractivity contribution in [1.29, 1.82) is 0 Å². The van der Waals surface area contributed by atoms with Crippen LogP contribution >= 0.6 is 0 Å². The van der Waals surface area contributed by atoms with E-state index in [1.165, 1.54) is 5.52 Å². The lowest BCUT2D eigenvalue weighted by Crippen LogP contribution is -3.00. The maximum absolute atomic E-state index is 5.37. The van der Waals surface area contributed by atoms with Crippen LogP contribution in [0.15, 0.2) is 24.3 Å². The molecule has 1 saturated heterocycles. The fourth-order valence-corrected chi connectivity index (χ4v) is 2.54. The first-order valence-electron chi connectivity index (χ1n) is 6.56. The van der Waals surface area contributed by atoms with E-state index >= 15 is 0 Å². The molecule has 0 N–H and O–H groups in total. The third-order valence-corrected chi connectivity index (χ3v) is 3.59. The second-order valence-corrected chi connectivity index (χ2v) is 4.75. The molecule has 19 heavy (non-hydrogen) atoms. The lowest BCUT2D eigenvalue weighted by atomic mass is 10.3. The number of hydrogen-bond acceptors (Lipinski definition) is 3. The molecule has 1 aliphatic heterocycles.